The van der Waals surface area contributed by atoms with Gasteiger partial charge < -0.3 is 4.74 Å². The summed E-state index contributed by atoms with van der Waals surface area (Å²) in [7, 11) is -3.84. The minimum Gasteiger partial charge on any atom is -0.424 e. The van der Waals surface area contributed by atoms with Crippen molar-refractivity contribution >= 4 is 33.2 Å². The van der Waals surface area contributed by atoms with Crippen LogP contribution in [0.1, 0.15) is 25.7 Å². The Balaban J connectivity index is 1.84. The van der Waals surface area contributed by atoms with Crippen molar-refractivity contribution < 1.29 is 13.2 Å². The van der Waals surface area contributed by atoms with Gasteiger partial charge in [0.05, 0.1) is 21.0 Å². The normalized spacial score (nSPS) is 12.7. The molecule has 10 heteroatoms. The number of hydrogen-bond acceptors (Lipinski definition) is 5. The van der Waals surface area contributed by atoms with Gasteiger partial charge in [0.25, 0.3) is 0 Å². The van der Waals surface area contributed by atoms with Gasteiger partial charge >= 0.3 is 6.01 Å². The van der Waals surface area contributed by atoms with E-state index in [1.807, 2.05) is 25.1 Å². The van der Waals surface area contributed by atoms with Crippen LogP contribution < -0.4 is 9.46 Å². The Bertz CT molecular complexity index is 1070. The third kappa shape index (κ3) is 4.47. The summed E-state index contributed by atoms with van der Waals surface area (Å²) in [5.41, 5.74) is 0. The maximum Gasteiger partial charge on any atom is 0.322 e. The fraction of sp³-hybridized carbons (Fsp3) is 0.222. The standard InChI is InChI=1S/C18H18Cl2N4O3S/c1-3-24-17(21-22-18(24)27-13-7-5-4-6-8-13)12(2)23-28(25,26)14-9-10-15(19)16(20)11-14/h4-12,23H,3H2,1-2H3/t12-/m1/s1. The molecule has 1 heterocycles. The Morgan fingerprint density at radius 1 is 1.11 bits per heavy atom. The first-order valence-electron chi connectivity index (χ1n) is 8.45. The lowest BCUT2D eigenvalue weighted by Gasteiger charge is -2.15. The van der Waals surface area contributed by atoms with Gasteiger partial charge in [-0.15, -0.1) is 5.10 Å². The van der Waals surface area contributed by atoms with Crippen LogP contribution in [0.3, 0.4) is 0 Å². The molecular weight excluding hydrogens is 423 g/mol. The largest absolute Gasteiger partial charge is 0.424 e. The van der Waals surface area contributed by atoms with E-state index in [9.17, 15) is 8.42 Å². The molecule has 0 saturated heterocycles. The fourth-order valence-electron chi connectivity index (χ4n) is 2.58. The number of nitrogens with zero attached hydrogens (tertiary/aromatic N) is 3. The van der Waals surface area contributed by atoms with Gasteiger partial charge in [0.2, 0.25) is 10.0 Å². The van der Waals surface area contributed by atoms with E-state index in [0.717, 1.165) is 0 Å². The minimum absolute atomic E-state index is 0.0112. The predicted octanol–water partition coefficient (Wildman–Crippen LogP) is 4.44. The van der Waals surface area contributed by atoms with Crippen molar-refractivity contribution in [3.8, 4) is 11.8 Å². The molecule has 3 rings (SSSR count). The van der Waals surface area contributed by atoms with Crippen LogP contribution in [0.4, 0.5) is 0 Å². The highest BCUT2D eigenvalue weighted by Gasteiger charge is 2.24. The number of halogens is 2. The van der Waals surface area contributed by atoms with Gasteiger partial charge in [0, 0.05) is 6.54 Å². The molecule has 148 valence electrons. The number of aromatic nitrogens is 3. The molecule has 0 radical (unpaired) electrons. The second kappa shape index (κ2) is 8.48. The Morgan fingerprint density at radius 3 is 2.46 bits per heavy atom. The molecule has 0 bridgehead atoms. The number of para-hydroxylation sites is 1. The third-order valence-corrected chi connectivity index (χ3v) is 6.21. The fourth-order valence-corrected chi connectivity index (χ4v) is 4.17. The summed E-state index contributed by atoms with van der Waals surface area (Å²) in [5, 5.41) is 8.59. The number of ether oxygens (including phenoxy) is 1. The molecule has 3 aromatic rings. The van der Waals surface area contributed by atoms with Crippen LogP contribution in [0.25, 0.3) is 0 Å². The highest BCUT2D eigenvalue weighted by Crippen LogP contribution is 2.27. The summed E-state index contributed by atoms with van der Waals surface area (Å²) in [5.74, 6) is 1.04. The van der Waals surface area contributed by atoms with E-state index in [2.05, 4.69) is 14.9 Å². The van der Waals surface area contributed by atoms with Crippen molar-refractivity contribution in [2.24, 2.45) is 0 Å². The molecule has 0 aliphatic heterocycles. The third-order valence-electron chi connectivity index (χ3n) is 3.93. The van der Waals surface area contributed by atoms with Crippen LogP contribution in [-0.4, -0.2) is 23.2 Å². The van der Waals surface area contributed by atoms with E-state index in [0.29, 0.717) is 18.1 Å². The lowest BCUT2D eigenvalue weighted by Crippen LogP contribution is -2.29. The van der Waals surface area contributed by atoms with Gasteiger partial charge in [0.15, 0.2) is 5.82 Å². The van der Waals surface area contributed by atoms with E-state index in [4.69, 9.17) is 27.9 Å². The van der Waals surface area contributed by atoms with Gasteiger partial charge in [-0.1, -0.05) is 46.5 Å². The molecule has 1 atom stereocenters. The smallest absolute Gasteiger partial charge is 0.322 e. The zero-order chi connectivity index (χ0) is 20.3. The first-order valence-corrected chi connectivity index (χ1v) is 10.7. The molecule has 0 saturated carbocycles. The molecule has 2 aromatic carbocycles. The molecule has 0 aliphatic carbocycles. The summed E-state index contributed by atoms with van der Waals surface area (Å²) < 4.78 is 35.4. The van der Waals surface area contributed by atoms with Crippen LogP contribution in [-0.2, 0) is 16.6 Å². The maximum atomic E-state index is 12.7. The lowest BCUT2D eigenvalue weighted by molar-refractivity contribution is 0.408. The Morgan fingerprint density at radius 2 is 1.82 bits per heavy atom. The van der Waals surface area contributed by atoms with Crippen molar-refractivity contribution in [1.82, 2.24) is 19.5 Å². The predicted molar refractivity (Wildman–Crippen MR) is 107 cm³/mol. The van der Waals surface area contributed by atoms with E-state index < -0.39 is 16.1 Å². The minimum atomic E-state index is -3.84. The molecule has 1 aromatic heterocycles. The Kier molecular flexibility index (Phi) is 6.24. The Hall–Kier alpha value is -2.13. The van der Waals surface area contributed by atoms with E-state index in [-0.39, 0.29) is 21.0 Å². The van der Waals surface area contributed by atoms with Gasteiger partial charge in [-0.25, -0.2) is 13.1 Å². The molecule has 28 heavy (non-hydrogen) atoms. The van der Waals surface area contributed by atoms with E-state index in [1.165, 1.54) is 18.2 Å². The van der Waals surface area contributed by atoms with E-state index >= 15 is 0 Å². The van der Waals surface area contributed by atoms with Gasteiger partial charge in [0.1, 0.15) is 5.75 Å². The quantitative estimate of drug-likeness (QED) is 0.586. The molecule has 1 N–H and O–H groups in total. The van der Waals surface area contributed by atoms with Crippen molar-refractivity contribution in [3.05, 3.63) is 64.4 Å². The van der Waals surface area contributed by atoms with Crippen molar-refractivity contribution in [2.45, 2.75) is 31.3 Å². The van der Waals surface area contributed by atoms with Crippen molar-refractivity contribution in [1.29, 1.82) is 0 Å². The first kappa shape index (κ1) is 20.6. The zero-order valence-electron chi connectivity index (χ0n) is 15.1. The topological polar surface area (TPSA) is 86.1 Å². The van der Waals surface area contributed by atoms with E-state index in [1.54, 1.807) is 23.6 Å². The highest BCUT2D eigenvalue weighted by molar-refractivity contribution is 7.89. The average Bonchev–Trinajstić information content (AvgIpc) is 3.07. The Labute approximate surface area is 173 Å². The summed E-state index contributed by atoms with van der Waals surface area (Å²) in [6.45, 7) is 4.08. The molecule has 0 amide bonds. The number of nitrogens with one attached hydrogen (secondary N) is 1. The highest BCUT2D eigenvalue weighted by atomic mass is 35.5. The van der Waals surface area contributed by atoms with Crippen LogP contribution in [0.15, 0.2) is 53.4 Å². The number of benzene rings is 2. The second-order valence-electron chi connectivity index (χ2n) is 5.92. The molecule has 0 unspecified atom stereocenters. The molecule has 0 aliphatic rings. The van der Waals surface area contributed by atoms with Gasteiger partial charge in [-0.3, -0.25) is 4.57 Å². The molecular formula is C18H18Cl2N4O3S. The average molecular weight is 441 g/mol. The summed E-state index contributed by atoms with van der Waals surface area (Å²) in [6.07, 6.45) is 0. The monoisotopic (exact) mass is 440 g/mol. The van der Waals surface area contributed by atoms with Crippen LogP contribution in [0, 0.1) is 0 Å². The number of sulfonamides is 1. The maximum absolute atomic E-state index is 12.7. The zero-order valence-corrected chi connectivity index (χ0v) is 17.5. The van der Waals surface area contributed by atoms with Gasteiger partial charge in [-0.2, -0.15) is 0 Å². The number of rotatable bonds is 7. The number of hydrogen-bond donors (Lipinski definition) is 1. The van der Waals surface area contributed by atoms with Crippen molar-refractivity contribution in [2.75, 3.05) is 0 Å². The van der Waals surface area contributed by atoms with Crippen LogP contribution in [0.5, 0.6) is 11.8 Å². The summed E-state index contributed by atoms with van der Waals surface area (Å²) in [4.78, 5) is 0.0112. The summed E-state index contributed by atoms with van der Waals surface area (Å²) >= 11 is 11.8. The second-order valence-corrected chi connectivity index (χ2v) is 8.45. The van der Waals surface area contributed by atoms with Crippen LogP contribution in [0.2, 0.25) is 10.0 Å². The van der Waals surface area contributed by atoms with Gasteiger partial charge in [-0.05, 0) is 44.2 Å². The molecule has 0 fully saturated rings. The first-order chi connectivity index (χ1) is 13.3. The summed E-state index contributed by atoms with van der Waals surface area (Å²) in [6, 6.07) is 12.9. The SMILES string of the molecule is CCn1c(Oc2ccccc2)nnc1[C@@H](C)NS(=O)(=O)c1ccc(Cl)c(Cl)c1. The molecule has 0 spiro atoms. The molecule has 7 nitrogen and oxygen atoms in total. The lowest BCUT2D eigenvalue weighted by atomic mass is 10.3. The van der Waals surface area contributed by atoms with Crippen molar-refractivity contribution in [3.63, 3.8) is 0 Å². The van der Waals surface area contributed by atoms with Crippen LogP contribution >= 0.6 is 23.2 Å².